The van der Waals surface area contributed by atoms with E-state index in [1.54, 1.807) is 0 Å². The van der Waals surface area contributed by atoms with Gasteiger partial charge in [-0.2, -0.15) is 0 Å². The minimum Gasteiger partial charge on any atom is -0.456 e. The third kappa shape index (κ3) is 4.99. The highest BCUT2D eigenvalue weighted by molar-refractivity contribution is 6.25. The fourth-order valence-corrected chi connectivity index (χ4v) is 9.35. The number of hydrogen-bond donors (Lipinski definition) is 0. The van der Waals surface area contributed by atoms with Crippen LogP contribution in [0, 0.1) is 0 Å². The molecule has 2 nitrogen and oxygen atoms in total. The van der Waals surface area contributed by atoms with Crippen LogP contribution in [0.15, 0.2) is 215 Å². The van der Waals surface area contributed by atoms with Crippen LogP contribution in [-0.4, -0.2) is 0 Å². The van der Waals surface area contributed by atoms with Crippen molar-refractivity contribution < 1.29 is 8.83 Å². The largest absolute Gasteiger partial charge is 0.456 e. The maximum atomic E-state index is 6.32. The second-order valence-corrected chi connectivity index (χ2v) is 15.1. The lowest BCUT2D eigenvalue weighted by molar-refractivity contribution is 0.668. The fourth-order valence-electron chi connectivity index (χ4n) is 9.35. The lowest BCUT2D eigenvalue weighted by atomic mass is 9.80. The number of fused-ring (bicyclic) bond motifs is 8. The van der Waals surface area contributed by atoms with E-state index < -0.39 is 0 Å². The van der Waals surface area contributed by atoms with E-state index in [1.807, 2.05) is 24.3 Å². The Hall–Kier alpha value is -7.68. The highest BCUT2D eigenvalue weighted by atomic mass is 16.3. The van der Waals surface area contributed by atoms with E-state index in [0.29, 0.717) is 0 Å². The number of furan rings is 2. The van der Waals surface area contributed by atoms with E-state index >= 15 is 0 Å². The zero-order chi connectivity index (χ0) is 38.2. The topological polar surface area (TPSA) is 26.3 Å². The van der Waals surface area contributed by atoms with E-state index in [0.717, 1.165) is 66.1 Å². The van der Waals surface area contributed by atoms with Gasteiger partial charge in [0.15, 0.2) is 0 Å². The van der Waals surface area contributed by atoms with Crippen LogP contribution in [0.25, 0.3) is 121 Å². The van der Waals surface area contributed by atoms with Crippen molar-refractivity contribution in [3.63, 3.8) is 0 Å². The summed E-state index contributed by atoms with van der Waals surface area (Å²) in [6.45, 7) is 0. The molecule has 10 aromatic carbocycles. The van der Waals surface area contributed by atoms with Gasteiger partial charge in [-0.3, -0.25) is 0 Å². The molecule has 0 fully saturated rings. The number of benzene rings is 10. The van der Waals surface area contributed by atoms with Crippen LogP contribution >= 0.6 is 0 Å². The molecule has 0 amide bonds. The van der Waals surface area contributed by atoms with Crippen LogP contribution in [0.5, 0.6) is 0 Å². The van der Waals surface area contributed by atoms with Gasteiger partial charge >= 0.3 is 0 Å². The van der Waals surface area contributed by atoms with Crippen molar-refractivity contribution >= 4 is 65.4 Å². The standard InChI is InChI=1S/C56H34O2/c1-2-15-35(16-3-1)38-17-4-5-20-43(38)54-44-21-6-8-23-46(44)56(47-24-9-7-22-45(47)54)55-39(36-29-31-52-48(33-36)41-18-10-12-27-50(41)57-52)25-14-26-40(55)37-30-32-53-49(34-37)42-19-11-13-28-51(42)58-53/h1-34H. The minimum atomic E-state index is 0.886. The summed E-state index contributed by atoms with van der Waals surface area (Å²) >= 11 is 0. The molecule has 2 heterocycles. The predicted octanol–water partition coefficient (Wildman–Crippen LogP) is 16.1. The van der Waals surface area contributed by atoms with Gasteiger partial charge < -0.3 is 8.83 Å². The summed E-state index contributed by atoms with van der Waals surface area (Å²) in [6, 6.07) is 74.3. The van der Waals surface area contributed by atoms with Gasteiger partial charge in [0, 0.05) is 21.5 Å². The Balaban J connectivity index is 1.21. The summed E-state index contributed by atoms with van der Waals surface area (Å²) < 4.78 is 12.6. The lowest BCUT2D eigenvalue weighted by Crippen LogP contribution is -1.96. The van der Waals surface area contributed by atoms with Crippen LogP contribution in [0.3, 0.4) is 0 Å². The Bertz CT molecular complexity index is 3380. The molecule has 0 bridgehead atoms. The molecule has 270 valence electrons. The van der Waals surface area contributed by atoms with Crippen molar-refractivity contribution in [2.45, 2.75) is 0 Å². The van der Waals surface area contributed by atoms with Gasteiger partial charge in [0.1, 0.15) is 22.3 Å². The molecule has 0 aliphatic heterocycles. The first kappa shape index (κ1) is 32.6. The molecule has 0 saturated carbocycles. The zero-order valence-corrected chi connectivity index (χ0v) is 31.4. The summed E-state index contributed by atoms with van der Waals surface area (Å²) in [4.78, 5) is 0. The lowest BCUT2D eigenvalue weighted by Gasteiger charge is -2.23. The quantitative estimate of drug-likeness (QED) is 0.164. The van der Waals surface area contributed by atoms with Gasteiger partial charge in [-0.15, -0.1) is 0 Å². The molecule has 2 heteroatoms. The second-order valence-electron chi connectivity index (χ2n) is 15.1. The van der Waals surface area contributed by atoms with Crippen LogP contribution in [0.1, 0.15) is 0 Å². The third-order valence-corrected chi connectivity index (χ3v) is 11.9. The Morgan fingerprint density at radius 2 is 0.603 bits per heavy atom. The molecule has 12 aromatic rings. The smallest absolute Gasteiger partial charge is 0.135 e. The molecule has 0 radical (unpaired) electrons. The summed E-state index contributed by atoms with van der Waals surface area (Å²) in [7, 11) is 0. The SMILES string of the molecule is c1ccc(-c2ccccc2-c2c3ccccc3c(-c3c(-c4ccc5oc6ccccc6c5c4)cccc3-c3ccc4oc5ccccc5c4c3)c3ccccc23)cc1. The highest BCUT2D eigenvalue weighted by Crippen LogP contribution is 2.51. The molecule has 0 spiro atoms. The average Bonchev–Trinajstić information content (AvgIpc) is 3.86. The zero-order valence-electron chi connectivity index (χ0n) is 31.4. The van der Waals surface area contributed by atoms with Crippen molar-refractivity contribution in [3.05, 3.63) is 206 Å². The van der Waals surface area contributed by atoms with E-state index in [4.69, 9.17) is 8.83 Å². The maximum Gasteiger partial charge on any atom is 0.135 e. The first-order valence-corrected chi connectivity index (χ1v) is 19.8. The first-order chi connectivity index (χ1) is 28.8. The highest BCUT2D eigenvalue weighted by Gasteiger charge is 2.24. The Labute approximate surface area is 334 Å². The second kappa shape index (κ2) is 12.9. The van der Waals surface area contributed by atoms with Crippen molar-refractivity contribution in [1.29, 1.82) is 0 Å². The molecular formula is C56H34O2. The number of hydrogen-bond acceptors (Lipinski definition) is 2. The normalized spacial score (nSPS) is 11.8. The molecule has 2 aromatic heterocycles. The van der Waals surface area contributed by atoms with Gasteiger partial charge in [-0.25, -0.2) is 0 Å². The Morgan fingerprint density at radius 1 is 0.207 bits per heavy atom. The first-order valence-electron chi connectivity index (χ1n) is 19.8. The van der Waals surface area contributed by atoms with Gasteiger partial charge in [0.25, 0.3) is 0 Å². The monoisotopic (exact) mass is 738 g/mol. The summed E-state index contributed by atoms with van der Waals surface area (Å²) in [6.07, 6.45) is 0. The van der Waals surface area contributed by atoms with Crippen molar-refractivity contribution in [2.24, 2.45) is 0 Å². The Kier molecular flexibility index (Phi) is 7.26. The van der Waals surface area contributed by atoms with Crippen molar-refractivity contribution in [1.82, 2.24) is 0 Å². The molecule has 0 saturated heterocycles. The summed E-state index contributed by atoms with van der Waals surface area (Å²) in [5.41, 5.74) is 15.4. The number of para-hydroxylation sites is 2. The molecular weight excluding hydrogens is 705 g/mol. The number of rotatable bonds is 5. The van der Waals surface area contributed by atoms with E-state index in [2.05, 4.69) is 182 Å². The van der Waals surface area contributed by atoms with Crippen molar-refractivity contribution in [2.75, 3.05) is 0 Å². The molecule has 0 aliphatic rings. The molecule has 0 unspecified atom stereocenters. The molecule has 12 rings (SSSR count). The van der Waals surface area contributed by atoms with Crippen LogP contribution < -0.4 is 0 Å². The fraction of sp³-hybridized carbons (Fsp3) is 0. The summed E-state index contributed by atoms with van der Waals surface area (Å²) in [5, 5.41) is 9.30. The van der Waals surface area contributed by atoms with Gasteiger partial charge in [0.2, 0.25) is 0 Å². The molecule has 0 atom stereocenters. The maximum absolute atomic E-state index is 6.32. The van der Waals surface area contributed by atoms with Gasteiger partial charge in [-0.05, 0) is 114 Å². The van der Waals surface area contributed by atoms with Crippen LogP contribution in [0.2, 0.25) is 0 Å². The predicted molar refractivity (Wildman–Crippen MR) is 243 cm³/mol. The minimum absolute atomic E-state index is 0.886. The summed E-state index contributed by atoms with van der Waals surface area (Å²) in [5.74, 6) is 0. The van der Waals surface area contributed by atoms with E-state index in [-0.39, 0.29) is 0 Å². The third-order valence-electron chi connectivity index (χ3n) is 11.9. The van der Waals surface area contributed by atoms with Crippen molar-refractivity contribution in [3.8, 4) is 55.6 Å². The van der Waals surface area contributed by atoms with Crippen LogP contribution in [0.4, 0.5) is 0 Å². The van der Waals surface area contributed by atoms with Gasteiger partial charge in [0.05, 0.1) is 0 Å². The average molecular weight is 739 g/mol. The molecule has 58 heavy (non-hydrogen) atoms. The van der Waals surface area contributed by atoms with E-state index in [1.165, 1.54) is 54.9 Å². The molecule has 0 N–H and O–H groups in total. The van der Waals surface area contributed by atoms with Crippen LogP contribution in [-0.2, 0) is 0 Å². The Morgan fingerprint density at radius 3 is 1.14 bits per heavy atom. The van der Waals surface area contributed by atoms with Gasteiger partial charge in [-0.1, -0.05) is 170 Å². The molecule has 0 aliphatic carbocycles. The van der Waals surface area contributed by atoms with E-state index in [9.17, 15) is 0 Å².